The Bertz CT molecular complexity index is 1060. The monoisotopic (exact) mass is 470 g/mol. The van der Waals surface area contributed by atoms with E-state index in [1.165, 1.54) is 6.42 Å². The zero-order chi connectivity index (χ0) is 21.3. The van der Waals surface area contributed by atoms with Crippen molar-refractivity contribution in [3.05, 3.63) is 58.2 Å². The second kappa shape index (κ2) is 8.82. The van der Waals surface area contributed by atoms with Crippen molar-refractivity contribution in [3.63, 3.8) is 0 Å². The molecule has 0 aliphatic carbocycles. The smallest absolute Gasteiger partial charge is 0.340 e. The summed E-state index contributed by atoms with van der Waals surface area (Å²) in [7, 11) is 0. The minimum atomic E-state index is -0.349. The highest BCUT2D eigenvalue weighted by atomic mass is 79.9. The van der Waals surface area contributed by atoms with Crippen LogP contribution in [0.5, 0.6) is 5.75 Å². The third-order valence-electron chi connectivity index (χ3n) is 5.92. The SMILES string of the molecule is CCOC(=O)c1c(CN2CCCC[C@@H]2C)n(-c2ccccc2)c2cc(Br)c(O)cc12. The van der Waals surface area contributed by atoms with Gasteiger partial charge in [-0.3, -0.25) is 4.90 Å². The number of rotatable bonds is 5. The van der Waals surface area contributed by atoms with Crippen molar-refractivity contribution in [3.8, 4) is 11.4 Å². The Kier molecular flexibility index (Phi) is 6.16. The van der Waals surface area contributed by atoms with Gasteiger partial charge in [0, 0.05) is 23.7 Å². The summed E-state index contributed by atoms with van der Waals surface area (Å²) in [5.74, 6) is -0.241. The maximum Gasteiger partial charge on any atom is 0.340 e. The number of nitrogens with zero attached hydrogens (tertiary/aromatic N) is 2. The van der Waals surface area contributed by atoms with Crippen molar-refractivity contribution in [2.75, 3.05) is 13.2 Å². The first-order chi connectivity index (χ1) is 14.5. The molecule has 1 atom stereocenters. The predicted molar refractivity (Wildman–Crippen MR) is 122 cm³/mol. The number of phenols is 1. The summed E-state index contributed by atoms with van der Waals surface area (Å²) in [5, 5.41) is 11.1. The Morgan fingerprint density at radius 2 is 2.00 bits per heavy atom. The van der Waals surface area contributed by atoms with Gasteiger partial charge in [-0.05, 0) is 73.4 Å². The maximum atomic E-state index is 13.1. The number of halogens is 1. The van der Waals surface area contributed by atoms with Crippen LogP contribution in [-0.4, -0.2) is 39.7 Å². The molecule has 0 saturated carbocycles. The summed E-state index contributed by atoms with van der Waals surface area (Å²) in [6.45, 7) is 6.03. The van der Waals surface area contributed by atoms with Gasteiger partial charge in [0.05, 0.1) is 27.9 Å². The van der Waals surface area contributed by atoms with E-state index in [-0.39, 0.29) is 11.7 Å². The number of aromatic nitrogens is 1. The molecule has 5 nitrogen and oxygen atoms in total. The number of hydrogen-bond acceptors (Lipinski definition) is 4. The van der Waals surface area contributed by atoms with Crippen LogP contribution in [0.1, 0.15) is 49.2 Å². The predicted octanol–water partition coefficient (Wildman–Crippen LogP) is 5.65. The highest BCUT2D eigenvalue weighted by Crippen LogP contribution is 2.37. The number of hydrogen-bond donors (Lipinski definition) is 1. The highest BCUT2D eigenvalue weighted by Gasteiger charge is 2.28. The van der Waals surface area contributed by atoms with Crippen LogP contribution in [0.2, 0.25) is 0 Å². The molecular weight excluding hydrogens is 444 g/mol. The molecular formula is C24H27BrN2O3. The lowest BCUT2D eigenvalue weighted by Gasteiger charge is -2.33. The minimum absolute atomic E-state index is 0.108. The Balaban J connectivity index is 1.99. The van der Waals surface area contributed by atoms with E-state index in [1.54, 1.807) is 6.07 Å². The molecule has 6 heteroatoms. The van der Waals surface area contributed by atoms with Crippen molar-refractivity contribution in [2.45, 2.75) is 45.7 Å². The summed E-state index contributed by atoms with van der Waals surface area (Å²) >= 11 is 3.44. The van der Waals surface area contributed by atoms with Gasteiger partial charge in [-0.1, -0.05) is 24.6 Å². The van der Waals surface area contributed by atoms with Gasteiger partial charge in [-0.15, -0.1) is 0 Å². The average Bonchev–Trinajstić information content (AvgIpc) is 3.03. The quantitative estimate of drug-likeness (QED) is 0.489. The molecule has 1 fully saturated rings. The number of phenolic OH excluding ortho intramolecular Hbond substituents is 1. The van der Waals surface area contributed by atoms with Crippen molar-refractivity contribution in [1.29, 1.82) is 0 Å². The molecule has 0 radical (unpaired) electrons. The van der Waals surface area contributed by atoms with E-state index in [9.17, 15) is 9.90 Å². The molecule has 30 heavy (non-hydrogen) atoms. The van der Waals surface area contributed by atoms with Crippen LogP contribution in [0.15, 0.2) is 46.9 Å². The lowest BCUT2D eigenvalue weighted by Crippen LogP contribution is -2.37. The third kappa shape index (κ3) is 3.86. The number of likely N-dealkylation sites (tertiary alicyclic amines) is 1. The molecule has 1 saturated heterocycles. The first-order valence-corrected chi connectivity index (χ1v) is 11.3. The molecule has 1 N–H and O–H groups in total. The van der Waals surface area contributed by atoms with E-state index in [1.807, 2.05) is 43.3 Å². The van der Waals surface area contributed by atoms with E-state index in [0.717, 1.165) is 36.3 Å². The van der Waals surface area contributed by atoms with Crippen LogP contribution in [0, 0.1) is 0 Å². The zero-order valence-corrected chi connectivity index (χ0v) is 19.0. The van der Waals surface area contributed by atoms with Crippen molar-refractivity contribution < 1.29 is 14.6 Å². The second-order valence-electron chi connectivity index (χ2n) is 7.85. The van der Waals surface area contributed by atoms with Crippen molar-refractivity contribution in [1.82, 2.24) is 9.47 Å². The van der Waals surface area contributed by atoms with Gasteiger partial charge in [-0.25, -0.2) is 4.79 Å². The van der Waals surface area contributed by atoms with Crippen LogP contribution in [0.4, 0.5) is 0 Å². The van der Waals surface area contributed by atoms with Crippen LogP contribution in [0.3, 0.4) is 0 Å². The number of carbonyl (C=O) groups is 1. The van der Waals surface area contributed by atoms with E-state index in [0.29, 0.717) is 34.6 Å². The van der Waals surface area contributed by atoms with Gasteiger partial charge in [0.25, 0.3) is 0 Å². The topological polar surface area (TPSA) is 54.7 Å². The first-order valence-electron chi connectivity index (χ1n) is 10.5. The zero-order valence-electron chi connectivity index (χ0n) is 17.4. The minimum Gasteiger partial charge on any atom is -0.507 e. The molecule has 0 unspecified atom stereocenters. The molecule has 0 bridgehead atoms. The van der Waals surface area contributed by atoms with Crippen molar-refractivity contribution >= 4 is 32.8 Å². The van der Waals surface area contributed by atoms with Gasteiger partial charge in [0.15, 0.2) is 0 Å². The first kappa shape index (κ1) is 20.9. The van der Waals surface area contributed by atoms with Gasteiger partial charge in [-0.2, -0.15) is 0 Å². The van der Waals surface area contributed by atoms with E-state index < -0.39 is 0 Å². The van der Waals surface area contributed by atoms with Gasteiger partial charge >= 0.3 is 5.97 Å². The number of para-hydroxylation sites is 1. The number of fused-ring (bicyclic) bond motifs is 1. The number of ether oxygens (including phenoxy) is 1. The molecule has 0 spiro atoms. The molecule has 1 aromatic heterocycles. The van der Waals surface area contributed by atoms with Crippen LogP contribution < -0.4 is 0 Å². The third-order valence-corrected chi connectivity index (χ3v) is 6.56. The summed E-state index contributed by atoms with van der Waals surface area (Å²) in [5.41, 5.74) is 3.29. The largest absolute Gasteiger partial charge is 0.507 e. The maximum absolute atomic E-state index is 13.1. The summed E-state index contributed by atoms with van der Waals surface area (Å²) in [6, 6.07) is 14.0. The molecule has 3 aromatic rings. The molecule has 4 rings (SSSR count). The van der Waals surface area contributed by atoms with Crippen molar-refractivity contribution in [2.24, 2.45) is 0 Å². The molecule has 1 aliphatic heterocycles. The number of aromatic hydroxyl groups is 1. The fourth-order valence-electron chi connectivity index (χ4n) is 4.39. The molecule has 1 aliphatic rings. The number of piperidine rings is 1. The molecule has 0 amide bonds. The van der Waals surface area contributed by atoms with Crippen LogP contribution in [0.25, 0.3) is 16.6 Å². The molecule has 2 aromatic carbocycles. The Labute approximate surface area is 185 Å². The van der Waals surface area contributed by atoms with E-state index in [4.69, 9.17) is 4.74 Å². The Hall–Kier alpha value is -2.31. The van der Waals surface area contributed by atoms with Gasteiger partial charge in [0.1, 0.15) is 5.75 Å². The highest BCUT2D eigenvalue weighted by molar-refractivity contribution is 9.10. The van der Waals surface area contributed by atoms with Crippen LogP contribution >= 0.6 is 15.9 Å². The molecule has 2 heterocycles. The Morgan fingerprint density at radius 3 is 2.70 bits per heavy atom. The van der Waals surface area contributed by atoms with Crippen LogP contribution in [-0.2, 0) is 11.3 Å². The summed E-state index contributed by atoms with van der Waals surface area (Å²) < 4.78 is 8.18. The number of carbonyl (C=O) groups excluding carboxylic acids is 1. The van der Waals surface area contributed by atoms with Gasteiger partial charge < -0.3 is 14.4 Å². The standard InChI is InChI=1S/C24H27BrN2O3/c1-3-30-24(29)23-18-13-22(28)19(25)14-20(18)27(17-10-5-4-6-11-17)21(23)15-26-12-8-7-9-16(26)2/h4-6,10-11,13-14,16,28H,3,7-9,12,15H2,1-2H3/t16-/m0/s1. The average molecular weight is 471 g/mol. The Morgan fingerprint density at radius 1 is 1.23 bits per heavy atom. The van der Waals surface area contributed by atoms with E-state index >= 15 is 0 Å². The number of esters is 1. The fraction of sp³-hybridized carbons (Fsp3) is 0.375. The second-order valence-corrected chi connectivity index (χ2v) is 8.70. The number of benzene rings is 2. The summed E-state index contributed by atoms with van der Waals surface area (Å²) in [6.07, 6.45) is 3.56. The lowest BCUT2D eigenvalue weighted by atomic mass is 10.0. The fourth-order valence-corrected chi connectivity index (χ4v) is 4.72. The van der Waals surface area contributed by atoms with E-state index in [2.05, 4.69) is 32.3 Å². The molecule has 158 valence electrons. The normalized spacial score (nSPS) is 17.4. The lowest BCUT2D eigenvalue weighted by molar-refractivity contribution is 0.0524. The van der Waals surface area contributed by atoms with Gasteiger partial charge in [0.2, 0.25) is 0 Å². The summed E-state index contributed by atoms with van der Waals surface area (Å²) in [4.78, 5) is 15.5.